The zero-order valence-electron chi connectivity index (χ0n) is 9.78. The highest BCUT2D eigenvalue weighted by Crippen LogP contribution is 2.32. The summed E-state index contributed by atoms with van der Waals surface area (Å²) in [5, 5.41) is 17.2. The summed E-state index contributed by atoms with van der Waals surface area (Å²) in [5.41, 5.74) is 2.29. The van der Waals surface area contributed by atoms with E-state index in [0.29, 0.717) is 18.3 Å². The molecule has 0 unspecified atom stereocenters. The minimum Gasteiger partial charge on any atom is -0.477 e. The Bertz CT molecular complexity index is 447. The Morgan fingerprint density at radius 1 is 1.41 bits per heavy atom. The molecule has 0 spiro atoms. The van der Waals surface area contributed by atoms with Crippen molar-refractivity contribution in [1.29, 1.82) is 0 Å². The molecular formula is C12H17N3O2. The van der Waals surface area contributed by atoms with Gasteiger partial charge in [0, 0.05) is 25.1 Å². The monoisotopic (exact) mass is 235 g/mol. The molecular weight excluding hydrogens is 218 g/mol. The van der Waals surface area contributed by atoms with E-state index >= 15 is 0 Å². The third-order valence-electron chi connectivity index (χ3n) is 3.81. The lowest BCUT2D eigenvalue weighted by molar-refractivity contribution is 0.0678. The van der Waals surface area contributed by atoms with Crippen LogP contribution in [0.2, 0.25) is 0 Å². The largest absolute Gasteiger partial charge is 0.477 e. The van der Waals surface area contributed by atoms with Crippen molar-refractivity contribution in [3.8, 4) is 0 Å². The number of hydrogen-bond donors (Lipinski definition) is 2. The molecule has 5 nitrogen and oxygen atoms in total. The molecule has 17 heavy (non-hydrogen) atoms. The van der Waals surface area contributed by atoms with Crippen LogP contribution in [-0.2, 0) is 13.0 Å². The predicted molar refractivity (Wildman–Crippen MR) is 62.1 cm³/mol. The Balaban J connectivity index is 2.06. The second-order valence-electron chi connectivity index (χ2n) is 4.89. The molecule has 2 aliphatic rings. The molecule has 0 bridgehead atoms. The van der Waals surface area contributed by atoms with E-state index in [0.717, 1.165) is 37.1 Å². The number of aromatic nitrogens is 2. The molecule has 0 aromatic carbocycles. The molecule has 1 aromatic heterocycles. The number of hydrogen-bond acceptors (Lipinski definition) is 3. The summed E-state index contributed by atoms with van der Waals surface area (Å²) in [5.74, 6) is -0.839. The topological polar surface area (TPSA) is 67.1 Å². The minimum atomic E-state index is -0.839. The summed E-state index contributed by atoms with van der Waals surface area (Å²) in [4.78, 5) is 11.4. The van der Waals surface area contributed by atoms with Crippen molar-refractivity contribution in [2.24, 2.45) is 0 Å². The number of rotatable bonds is 2. The van der Waals surface area contributed by atoms with Crippen molar-refractivity contribution in [2.45, 2.75) is 44.7 Å². The summed E-state index contributed by atoms with van der Waals surface area (Å²) in [6.45, 7) is 1.54. The van der Waals surface area contributed by atoms with Crippen LogP contribution in [0.4, 0.5) is 0 Å². The molecule has 0 amide bonds. The van der Waals surface area contributed by atoms with Gasteiger partial charge in [0.05, 0.1) is 11.7 Å². The zero-order chi connectivity index (χ0) is 11.8. The fourth-order valence-corrected chi connectivity index (χ4v) is 2.96. The van der Waals surface area contributed by atoms with E-state index in [9.17, 15) is 9.90 Å². The summed E-state index contributed by atoms with van der Waals surface area (Å²) in [6.07, 6.45) is 5.34. The molecule has 0 saturated heterocycles. The lowest BCUT2D eigenvalue weighted by atomic mass is 10.1. The number of aromatic carboxylic acids is 1. The van der Waals surface area contributed by atoms with Crippen LogP contribution in [0.3, 0.4) is 0 Å². The molecule has 5 heteroatoms. The lowest BCUT2D eigenvalue weighted by Crippen LogP contribution is -2.24. The first kappa shape index (κ1) is 10.8. The Labute approximate surface area is 99.8 Å². The normalized spacial score (nSPS) is 20.5. The van der Waals surface area contributed by atoms with Crippen molar-refractivity contribution in [2.75, 3.05) is 6.54 Å². The van der Waals surface area contributed by atoms with E-state index in [1.54, 1.807) is 4.68 Å². The number of nitrogens with one attached hydrogen (secondary N) is 1. The quantitative estimate of drug-likeness (QED) is 0.811. The second-order valence-corrected chi connectivity index (χ2v) is 4.89. The summed E-state index contributed by atoms with van der Waals surface area (Å²) < 4.78 is 1.78. The van der Waals surface area contributed by atoms with Crippen LogP contribution in [0.25, 0.3) is 0 Å². The molecule has 1 aromatic rings. The van der Waals surface area contributed by atoms with Crippen LogP contribution in [0.5, 0.6) is 0 Å². The first-order chi connectivity index (χ1) is 8.27. The third kappa shape index (κ3) is 1.74. The fraction of sp³-hybridized carbons (Fsp3) is 0.667. The summed E-state index contributed by atoms with van der Waals surface area (Å²) in [6, 6.07) is 0.298. The average Bonchev–Trinajstić information content (AvgIpc) is 2.95. The standard InChI is InChI=1S/C12H17N3O2/c16-12(17)11-9-7-13-6-5-10(9)14-15(11)8-3-1-2-4-8/h8,13H,1-7H2,(H,16,17). The van der Waals surface area contributed by atoms with Crippen LogP contribution in [0.1, 0.15) is 53.5 Å². The van der Waals surface area contributed by atoms with Gasteiger partial charge >= 0.3 is 5.97 Å². The first-order valence-electron chi connectivity index (χ1n) is 6.31. The second kappa shape index (κ2) is 4.14. The minimum absolute atomic E-state index is 0.298. The van der Waals surface area contributed by atoms with Gasteiger partial charge in [0.25, 0.3) is 0 Å². The van der Waals surface area contributed by atoms with Crippen LogP contribution in [0, 0.1) is 0 Å². The van der Waals surface area contributed by atoms with E-state index < -0.39 is 5.97 Å². The van der Waals surface area contributed by atoms with Crippen LogP contribution in [-0.4, -0.2) is 27.4 Å². The van der Waals surface area contributed by atoms with Crippen molar-refractivity contribution in [3.63, 3.8) is 0 Å². The number of nitrogens with zero attached hydrogens (tertiary/aromatic N) is 2. The molecule has 2 heterocycles. The van der Waals surface area contributed by atoms with E-state index in [4.69, 9.17) is 0 Å². The van der Waals surface area contributed by atoms with Crippen LogP contribution >= 0.6 is 0 Å². The van der Waals surface area contributed by atoms with Gasteiger partial charge in [0.1, 0.15) is 0 Å². The van der Waals surface area contributed by atoms with E-state index in [1.807, 2.05) is 0 Å². The van der Waals surface area contributed by atoms with E-state index in [1.165, 1.54) is 12.8 Å². The van der Waals surface area contributed by atoms with Crippen molar-refractivity contribution >= 4 is 5.97 Å². The highest BCUT2D eigenvalue weighted by molar-refractivity contribution is 5.88. The third-order valence-corrected chi connectivity index (χ3v) is 3.81. The maximum Gasteiger partial charge on any atom is 0.354 e. The molecule has 1 saturated carbocycles. The first-order valence-corrected chi connectivity index (χ1v) is 6.31. The molecule has 0 atom stereocenters. The number of carboxylic acid groups (broad SMARTS) is 1. The lowest BCUT2D eigenvalue weighted by Gasteiger charge is -2.13. The van der Waals surface area contributed by atoms with Crippen LogP contribution in [0.15, 0.2) is 0 Å². The Hall–Kier alpha value is -1.36. The van der Waals surface area contributed by atoms with E-state index in [-0.39, 0.29) is 0 Å². The molecule has 3 rings (SSSR count). The van der Waals surface area contributed by atoms with Gasteiger partial charge in [0.2, 0.25) is 0 Å². The Morgan fingerprint density at radius 2 is 2.18 bits per heavy atom. The van der Waals surface area contributed by atoms with Gasteiger partial charge in [-0.2, -0.15) is 5.10 Å². The van der Waals surface area contributed by atoms with Gasteiger partial charge in [-0.1, -0.05) is 12.8 Å². The molecule has 1 aliphatic heterocycles. The van der Waals surface area contributed by atoms with Crippen molar-refractivity contribution < 1.29 is 9.90 Å². The molecule has 2 N–H and O–H groups in total. The van der Waals surface area contributed by atoms with Gasteiger partial charge in [-0.15, -0.1) is 0 Å². The average molecular weight is 235 g/mol. The van der Waals surface area contributed by atoms with Crippen LogP contribution < -0.4 is 5.32 Å². The maximum absolute atomic E-state index is 11.4. The van der Waals surface area contributed by atoms with Crippen molar-refractivity contribution in [3.05, 3.63) is 17.0 Å². The predicted octanol–water partition coefficient (Wildman–Crippen LogP) is 1.34. The molecule has 0 radical (unpaired) electrons. The number of carbonyl (C=O) groups is 1. The number of carboxylic acids is 1. The summed E-state index contributed by atoms with van der Waals surface area (Å²) >= 11 is 0. The smallest absolute Gasteiger partial charge is 0.354 e. The molecule has 1 fully saturated rings. The van der Waals surface area contributed by atoms with Crippen molar-refractivity contribution in [1.82, 2.24) is 15.1 Å². The molecule has 92 valence electrons. The van der Waals surface area contributed by atoms with Gasteiger partial charge in [-0.05, 0) is 12.8 Å². The van der Waals surface area contributed by atoms with Gasteiger partial charge in [-0.25, -0.2) is 4.79 Å². The Morgan fingerprint density at radius 3 is 2.88 bits per heavy atom. The highest BCUT2D eigenvalue weighted by Gasteiger charge is 2.29. The van der Waals surface area contributed by atoms with Gasteiger partial charge in [-0.3, -0.25) is 4.68 Å². The maximum atomic E-state index is 11.4. The summed E-state index contributed by atoms with van der Waals surface area (Å²) in [7, 11) is 0. The van der Waals surface area contributed by atoms with Gasteiger partial charge in [0.15, 0.2) is 5.69 Å². The SMILES string of the molecule is O=C(O)c1c2c(nn1C1CCCC1)CCNC2. The highest BCUT2D eigenvalue weighted by atomic mass is 16.4. The fourth-order valence-electron chi connectivity index (χ4n) is 2.96. The Kier molecular flexibility index (Phi) is 2.63. The van der Waals surface area contributed by atoms with E-state index in [2.05, 4.69) is 10.4 Å². The number of fused-ring (bicyclic) bond motifs is 1. The zero-order valence-corrected chi connectivity index (χ0v) is 9.78. The van der Waals surface area contributed by atoms with Gasteiger partial charge < -0.3 is 10.4 Å². The molecule has 1 aliphatic carbocycles.